The Balaban J connectivity index is 2.39. The number of nitro groups is 2. The van der Waals surface area contributed by atoms with Gasteiger partial charge < -0.3 is 5.32 Å². The Morgan fingerprint density at radius 3 is 2.08 bits per heavy atom. The van der Waals surface area contributed by atoms with Gasteiger partial charge in [-0.2, -0.15) is 0 Å². The van der Waals surface area contributed by atoms with Crippen LogP contribution in [-0.2, 0) is 0 Å². The second kappa shape index (κ2) is 6.45. The molecule has 8 heteroatoms. The Bertz CT molecular complexity index is 838. The van der Waals surface area contributed by atoms with Gasteiger partial charge in [-0.15, -0.1) is 0 Å². The number of hydrogen-bond acceptors (Lipinski definition) is 5. The van der Waals surface area contributed by atoms with Crippen LogP contribution in [-0.4, -0.2) is 15.8 Å². The minimum atomic E-state index is -0.547. The Hall–Kier alpha value is -3.29. The lowest BCUT2D eigenvalue weighted by Crippen LogP contribution is -2.16. The molecule has 0 bridgehead atoms. The fourth-order valence-corrected chi connectivity index (χ4v) is 2.49. The molecule has 0 aliphatic carbocycles. The van der Waals surface area contributed by atoms with Gasteiger partial charge in [-0.1, -0.05) is 6.07 Å². The van der Waals surface area contributed by atoms with E-state index in [9.17, 15) is 25.0 Å². The molecule has 2 rings (SSSR count). The quantitative estimate of drug-likeness (QED) is 0.678. The Kier molecular flexibility index (Phi) is 4.59. The second-order valence-electron chi connectivity index (χ2n) is 5.37. The number of anilines is 1. The molecule has 8 nitrogen and oxygen atoms in total. The first-order valence-electron chi connectivity index (χ1n) is 7.03. The van der Waals surface area contributed by atoms with Crippen LogP contribution < -0.4 is 5.32 Å². The average molecular weight is 329 g/mol. The number of aryl methyl sites for hydroxylation is 2. The number of hydrogen-bond donors (Lipinski definition) is 1. The van der Waals surface area contributed by atoms with Crippen molar-refractivity contribution in [3.05, 3.63) is 72.8 Å². The van der Waals surface area contributed by atoms with Gasteiger partial charge in [0.2, 0.25) is 0 Å². The number of nitrogens with zero attached hydrogens (tertiary/aromatic N) is 2. The lowest BCUT2D eigenvalue weighted by atomic mass is 10.0. The third-order valence-electron chi connectivity index (χ3n) is 3.71. The molecule has 2 aromatic carbocycles. The van der Waals surface area contributed by atoms with Crippen molar-refractivity contribution in [3.8, 4) is 0 Å². The predicted octanol–water partition coefficient (Wildman–Crippen LogP) is 3.68. The van der Waals surface area contributed by atoms with Crippen molar-refractivity contribution in [3.63, 3.8) is 0 Å². The Morgan fingerprint density at radius 2 is 1.58 bits per heavy atom. The second-order valence-corrected chi connectivity index (χ2v) is 5.37. The summed E-state index contributed by atoms with van der Waals surface area (Å²) in [6.07, 6.45) is 0. The molecule has 0 radical (unpaired) electrons. The van der Waals surface area contributed by atoms with Crippen molar-refractivity contribution in [1.29, 1.82) is 0 Å². The highest BCUT2D eigenvalue weighted by Gasteiger charge is 2.20. The van der Waals surface area contributed by atoms with Crippen molar-refractivity contribution < 1.29 is 14.6 Å². The summed E-state index contributed by atoms with van der Waals surface area (Å²) >= 11 is 0. The largest absolute Gasteiger partial charge is 0.321 e. The van der Waals surface area contributed by atoms with E-state index in [-0.39, 0.29) is 22.5 Å². The highest BCUT2D eigenvalue weighted by molar-refractivity contribution is 6.06. The van der Waals surface area contributed by atoms with E-state index >= 15 is 0 Å². The molecule has 0 fully saturated rings. The maximum Gasteiger partial charge on any atom is 0.273 e. The van der Waals surface area contributed by atoms with Crippen LogP contribution in [0.2, 0.25) is 0 Å². The van der Waals surface area contributed by atoms with Crippen LogP contribution >= 0.6 is 0 Å². The van der Waals surface area contributed by atoms with Crippen molar-refractivity contribution in [2.45, 2.75) is 20.8 Å². The molecule has 0 unspecified atom stereocenters. The summed E-state index contributed by atoms with van der Waals surface area (Å²) in [4.78, 5) is 33.2. The molecule has 24 heavy (non-hydrogen) atoms. The first kappa shape index (κ1) is 17.1. The molecular formula is C16H15N3O5. The highest BCUT2D eigenvalue weighted by atomic mass is 16.6. The van der Waals surface area contributed by atoms with Crippen molar-refractivity contribution in [2.24, 2.45) is 0 Å². The van der Waals surface area contributed by atoms with Crippen molar-refractivity contribution >= 4 is 23.0 Å². The van der Waals surface area contributed by atoms with Gasteiger partial charge in [0.15, 0.2) is 0 Å². The number of non-ortho nitro benzene ring substituents is 1. The fraction of sp³-hybridized carbons (Fsp3) is 0.188. The molecule has 0 atom stereocenters. The number of carbonyl (C=O) groups excluding carboxylic acids is 1. The molecule has 1 N–H and O–H groups in total. The van der Waals surface area contributed by atoms with Gasteiger partial charge in [-0.25, -0.2) is 0 Å². The Morgan fingerprint density at radius 1 is 1.00 bits per heavy atom. The standard InChI is InChI=1S/C16H15N3O5/c1-9-7-12(18(21)22)8-10(2)15(9)17-16(20)13-5-4-6-14(11(13)3)19(23)24/h4-8H,1-3H3,(H,17,20). The molecule has 0 saturated carbocycles. The summed E-state index contributed by atoms with van der Waals surface area (Å²) < 4.78 is 0. The molecule has 0 aromatic heterocycles. The zero-order valence-corrected chi connectivity index (χ0v) is 13.3. The van der Waals surface area contributed by atoms with Crippen molar-refractivity contribution in [1.82, 2.24) is 0 Å². The summed E-state index contributed by atoms with van der Waals surface area (Å²) in [5.41, 5.74) is 1.78. The van der Waals surface area contributed by atoms with Crippen LogP contribution in [0.5, 0.6) is 0 Å². The van der Waals surface area contributed by atoms with E-state index in [0.717, 1.165) is 0 Å². The van der Waals surface area contributed by atoms with Gasteiger partial charge in [0, 0.05) is 35.0 Å². The molecule has 0 aliphatic heterocycles. The molecule has 0 saturated heterocycles. The van der Waals surface area contributed by atoms with Crippen LogP contribution in [0.15, 0.2) is 30.3 Å². The number of nitrogens with one attached hydrogen (secondary N) is 1. The van der Waals surface area contributed by atoms with Crippen LogP contribution in [0.1, 0.15) is 27.0 Å². The van der Waals surface area contributed by atoms with E-state index in [0.29, 0.717) is 16.8 Å². The zero-order chi connectivity index (χ0) is 18.0. The summed E-state index contributed by atoms with van der Waals surface area (Å²) in [7, 11) is 0. The summed E-state index contributed by atoms with van der Waals surface area (Å²) in [6.45, 7) is 4.80. The fourth-order valence-electron chi connectivity index (χ4n) is 2.49. The van der Waals surface area contributed by atoms with E-state index in [4.69, 9.17) is 0 Å². The third-order valence-corrected chi connectivity index (χ3v) is 3.71. The first-order valence-corrected chi connectivity index (χ1v) is 7.03. The van der Waals surface area contributed by atoms with Gasteiger partial charge in [0.25, 0.3) is 17.3 Å². The number of amides is 1. The highest BCUT2D eigenvalue weighted by Crippen LogP contribution is 2.28. The average Bonchev–Trinajstić information content (AvgIpc) is 2.50. The lowest BCUT2D eigenvalue weighted by Gasteiger charge is -2.13. The zero-order valence-electron chi connectivity index (χ0n) is 13.3. The molecule has 124 valence electrons. The van der Waals surface area contributed by atoms with E-state index in [1.54, 1.807) is 13.8 Å². The van der Waals surface area contributed by atoms with Gasteiger partial charge in [0.05, 0.1) is 9.85 Å². The molecule has 0 aliphatic rings. The van der Waals surface area contributed by atoms with Crippen LogP contribution in [0.25, 0.3) is 0 Å². The predicted molar refractivity (Wildman–Crippen MR) is 88.4 cm³/mol. The summed E-state index contributed by atoms with van der Waals surface area (Å²) in [5.74, 6) is -0.503. The van der Waals surface area contributed by atoms with Gasteiger partial charge in [0.1, 0.15) is 0 Å². The minimum Gasteiger partial charge on any atom is -0.321 e. The Labute approximate surface area is 137 Å². The molecule has 0 heterocycles. The number of benzene rings is 2. The third kappa shape index (κ3) is 3.22. The first-order chi connectivity index (χ1) is 11.2. The maximum absolute atomic E-state index is 12.5. The summed E-state index contributed by atoms with van der Waals surface area (Å²) in [5, 5.41) is 24.5. The minimum absolute atomic E-state index is 0.0606. The number of rotatable bonds is 4. The molecule has 0 spiro atoms. The number of carbonyl (C=O) groups is 1. The summed E-state index contributed by atoms with van der Waals surface area (Å²) in [6, 6.07) is 6.99. The van der Waals surface area contributed by atoms with Crippen LogP contribution in [0, 0.1) is 41.0 Å². The van der Waals surface area contributed by atoms with Crippen LogP contribution in [0.3, 0.4) is 0 Å². The van der Waals surface area contributed by atoms with E-state index in [1.165, 1.54) is 37.3 Å². The van der Waals surface area contributed by atoms with Gasteiger partial charge >= 0.3 is 0 Å². The molecule has 2 aromatic rings. The normalized spacial score (nSPS) is 10.3. The maximum atomic E-state index is 12.5. The molecular weight excluding hydrogens is 314 g/mol. The van der Waals surface area contributed by atoms with Gasteiger partial charge in [-0.3, -0.25) is 25.0 Å². The smallest absolute Gasteiger partial charge is 0.273 e. The van der Waals surface area contributed by atoms with E-state index in [1.807, 2.05) is 0 Å². The van der Waals surface area contributed by atoms with Crippen LogP contribution in [0.4, 0.5) is 17.1 Å². The number of nitro benzene ring substituents is 2. The molecule has 1 amide bonds. The van der Waals surface area contributed by atoms with Gasteiger partial charge in [-0.05, 0) is 38.0 Å². The lowest BCUT2D eigenvalue weighted by molar-refractivity contribution is -0.385. The van der Waals surface area contributed by atoms with E-state index < -0.39 is 15.8 Å². The topological polar surface area (TPSA) is 115 Å². The SMILES string of the molecule is Cc1cc([N+](=O)[O-])cc(C)c1NC(=O)c1cccc([N+](=O)[O-])c1C. The van der Waals surface area contributed by atoms with Crippen molar-refractivity contribution in [2.75, 3.05) is 5.32 Å². The van der Waals surface area contributed by atoms with E-state index in [2.05, 4.69) is 5.32 Å². The monoisotopic (exact) mass is 329 g/mol.